The number of benzene rings is 1. The number of halogens is 1. The van der Waals surface area contributed by atoms with Gasteiger partial charge < -0.3 is 15.5 Å². The van der Waals surface area contributed by atoms with Crippen LogP contribution in [0.1, 0.15) is 0 Å². The van der Waals surface area contributed by atoms with E-state index in [-0.39, 0.29) is 0 Å². The monoisotopic (exact) mass is 368 g/mol. The Kier molecular flexibility index (Phi) is 5.99. The summed E-state index contributed by atoms with van der Waals surface area (Å²) in [4.78, 5) is 15.4. The van der Waals surface area contributed by atoms with Crippen molar-refractivity contribution in [3.05, 3.63) is 59.9 Å². The maximum Gasteiger partial charge on any atom is 0.225 e. The van der Waals surface area contributed by atoms with Crippen molar-refractivity contribution in [2.45, 2.75) is 0 Å². The van der Waals surface area contributed by atoms with Crippen molar-refractivity contribution in [2.24, 2.45) is 0 Å². The quantitative estimate of drug-likeness (QED) is 0.659. The highest BCUT2D eigenvalue weighted by molar-refractivity contribution is 6.30. The maximum atomic E-state index is 6.07. The largest absolute Gasteiger partial charge is 0.353 e. The minimum Gasteiger partial charge on any atom is -0.353 e. The number of hydrogen-bond donors (Lipinski definition) is 2. The van der Waals surface area contributed by atoms with Gasteiger partial charge in [0.05, 0.1) is 5.69 Å². The van der Waals surface area contributed by atoms with Crippen LogP contribution in [-0.2, 0) is 0 Å². The summed E-state index contributed by atoms with van der Waals surface area (Å²) in [6.45, 7) is 1.64. The normalized spacial score (nSPS) is 10.8. The molecule has 0 atom stereocenters. The molecule has 2 N–H and O–H groups in total. The molecule has 0 amide bonds. The molecule has 0 bridgehead atoms. The van der Waals surface area contributed by atoms with Crippen LogP contribution in [0.15, 0.2) is 54.9 Å². The van der Waals surface area contributed by atoms with Crippen molar-refractivity contribution in [3.63, 3.8) is 0 Å². The fraction of sp³-hybridized carbons (Fsp3) is 0.211. The van der Waals surface area contributed by atoms with Crippen LogP contribution in [0.2, 0.25) is 5.02 Å². The third-order valence-electron chi connectivity index (χ3n) is 3.64. The molecule has 134 valence electrons. The Morgan fingerprint density at radius 1 is 1.04 bits per heavy atom. The highest BCUT2D eigenvalue weighted by Crippen LogP contribution is 2.24. The van der Waals surface area contributed by atoms with Crippen LogP contribution in [0.4, 0.5) is 17.5 Å². The lowest BCUT2D eigenvalue weighted by Gasteiger charge is -2.13. The van der Waals surface area contributed by atoms with Crippen LogP contribution in [0, 0.1) is 0 Å². The zero-order chi connectivity index (χ0) is 18.4. The molecule has 6 nitrogen and oxygen atoms in total. The van der Waals surface area contributed by atoms with Gasteiger partial charge in [0, 0.05) is 47.8 Å². The van der Waals surface area contributed by atoms with Gasteiger partial charge in [-0.2, -0.15) is 4.98 Å². The molecule has 0 aliphatic carbocycles. The van der Waals surface area contributed by atoms with E-state index >= 15 is 0 Å². The van der Waals surface area contributed by atoms with Crippen LogP contribution in [-0.4, -0.2) is 47.0 Å². The van der Waals surface area contributed by atoms with Crippen molar-refractivity contribution in [3.8, 4) is 11.3 Å². The van der Waals surface area contributed by atoms with Gasteiger partial charge in [-0.3, -0.25) is 4.98 Å². The summed E-state index contributed by atoms with van der Waals surface area (Å²) < 4.78 is 0. The van der Waals surface area contributed by atoms with Crippen molar-refractivity contribution in [2.75, 3.05) is 37.8 Å². The minimum atomic E-state index is 0.575. The lowest BCUT2D eigenvalue weighted by molar-refractivity contribution is 0.425. The summed E-state index contributed by atoms with van der Waals surface area (Å²) in [6.07, 6.45) is 3.50. The van der Waals surface area contributed by atoms with Crippen LogP contribution >= 0.6 is 11.6 Å². The number of pyridine rings is 1. The zero-order valence-corrected chi connectivity index (χ0v) is 15.5. The van der Waals surface area contributed by atoms with Gasteiger partial charge in [-0.05, 0) is 44.4 Å². The molecular formula is C19H21ClN6. The highest BCUT2D eigenvalue weighted by Gasteiger charge is 2.08. The average molecular weight is 369 g/mol. The van der Waals surface area contributed by atoms with E-state index in [1.807, 2.05) is 56.6 Å². The third-order valence-corrected chi connectivity index (χ3v) is 3.88. The van der Waals surface area contributed by atoms with Crippen LogP contribution < -0.4 is 10.6 Å². The molecule has 0 aliphatic heterocycles. The maximum absolute atomic E-state index is 6.07. The summed E-state index contributed by atoms with van der Waals surface area (Å²) in [7, 11) is 4.06. The first-order valence-electron chi connectivity index (χ1n) is 8.31. The van der Waals surface area contributed by atoms with E-state index in [0.29, 0.717) is 16.8 Å². The lowest BCUT2D eigenvalue weighted by Crippen LogP contribution is -2.21. The van der Waals surface area contributed by atoms with Gasteiger partial charge in [-0.25, -0.2) is 4.98 Å². The second-order valence-corrected chi connectivity index (χ2v) is 6.50. The molecule has 0 saturated carbocycles. The Bertz CT molecular complexity index is 854. The standard InChI is InChI=1S/C19H21ClN6/c1-26(2)11-10-22-19-24-17(14-6-8-21-9-7-14)13-18(25-19)23-16-5-3-4-15(20)12-16/h3-9,12-13H,10-11H2,1-2H3,(H2,22,23,24,25). The number of aromatic nitrogens is 3. The smallest absolute Gasteiger partial charge is 0.225 e. The molecule has 3 rings (SSSR count). The number of hydrogen-bond acceptors (Lipinski definition) is 6. The second kappa shape index (κ2) is 8.60. The number of likely N-dealkylation sites (N-methyl/N-ethyl adjacent to an activating group) is 1. The topological polar surface area (TPSA) is 66.0 Å². The van der Waals surface area contributed by atoms with Gasteiger partial charge in [0.2, 0.25) is 5.95 Å². The Morgan fingerprint density at radius 2 is 1.85 bits per heavy atom. The van der Waals surface area contributed by atoms with Crippen LogP contribution in [0.25, 0.3) is 11.3 Å². The number of anilines is 3. The average Bonchev–Trinajstić information content (AvgIpc) is 2.62. The predicted octanol–water partition coefficient (Wildman–Crippen LogP) is 3.91. The van der Waals surface area contributed by atoms with E-state index in [9.17, 15) is 0 Å². The molecule has 0 spiro atoms. The van der Waals surface area contributed by atoms with E-state index in [1.54, 1.807) is 12.4 Å². The molecule has 0 unspecified atom stereocenters. The second-order valence-electron chi connectivity index (χ2n) is 6.06. The number of nitrogens with one attached hydrogen (secondary N) is 2. The summed E-state index contributed by atoms with van der Waals surface area (Å²) in [5.74, 6) is 1.27. The van der Waals surface area contributed by atoms with Crippen molar-refractivity contribution in [1.29, 1.82) is 0 Å². The Morgan fingerprint density at radius 3 is 2.58 bits per heavy atom. The first-order chi connectivity index (χ1) is 12.6. The van der Waals surface area contributed by atoms with E-state index in [0.717, 1.165) is 30.0 Å². The molecule has 0 aliphatic rings. The molecule has 0 saturated heterocycles. The molecule has 26 heavy (non-hydrogen) atoms. The van der Waals surface area contributed by atoms with Crippen molar-refractivity contribution >= 4 is 29.1 Å². The molecule has 1 aromatic carbocycles. The first-order valence-corrected chi connectivity index (χ1v) is 8.68. The lowest BCUT2D eigenvalue weighted by atomic mass is 10.2. The fourth-order valence-electron chi connectivity index (χ4n) is 2.37. The van der Waals surface area contributed by atoms with Gasteiger partial charge in [0.25, 0.3) is 0 Å². The number of rotatable bonds is 7. The SMILES string of the molecule is CN(C)CCNc1nc(Nc2cccc(Cl)c2)cc(-c2ccncc2)n1. The third kappa shape index (κ3) is 5.15. The molecule has 2 aromatic heterocycles. The molecular weight excluding hydrogens is 348 g/mol. The first kappa shape index (κ1) is 18.1. The molecule has 3 aromatic rings. The summed E-state index contributed by atoms with van der Waals surface area (Å²) in [6, 6.07) is 13.3. The molecule has 7 heteroatoms. The summed E-state index contributed by atoms with van der Waals surface area (Å²) >= 11 is 6.07. The summed E-state index contributed by atoms with van der Waals surface area (Å²) in [5, 5.41) is 7.24. The van der Waals surface area contributed by atoms with E-state index in [1.165, 1.54) is 0 Å². The van der Waals surface area contributed by atoms with Crippen molar-refractivity contribution in [1.82, 2.24) is 19.9 Å². The zero-order valence-electron chi connectivity index (χ0n) is 14.8. The Labute approximate surface area is 158 Å². The molecule has 0 fully saturated rings. The van der Waals surface area contributed by atoms with Crippen LogP contribution in [0.5, 0.6) is 0 Å². The van der Waals surface area contributed by atoms with Gasteiger partial charge in [-0.1, -0.05) is 17.7 Å². The highest BCUT2D eigenvalue weighted by atomic mass is 35.5. The van der Waals surface area contributed by atoms with Gasteiger partial charge in [0.1, 0.15) is 5.82 Å². The summed E-state index contributed by atoms with van der Waals surface area (Å²) in [5.41, 5.74) is 2.67. The van der Waals surface area contributed by atoms with Gasteiger partial charge >= 0.3 is 0 Å². The van der Waals surface area contributed by atoms with E-state index < -0.39 is 0 Å². The number of nitrogens with zero attached hydrogens (tertiary/aromatic N) is 4. The van der Waals surface area contributed by atoms with Crippen LogP contribution in [0.3, 0.4) is 0 Å². The minimum absolute atomic E-state index is 0.575. The predicted molar refractivity (Wildman–Crippen MR) is 107 cm³/mol. The van der Waals surface area contributed by atoms with Gasteiger partial charge in [0.15, 0.2) is 0 Å². The van der Waals surface area contributed by atoms with E-state index in [4.69, 9.17) is 11.6 Å². The molecule has 2 heterocycles. The Hall–Kier alpha value is -2.70. The van der Waals surface area contributed by atoms with E-state index in [2.05, 4.69) is 30.5 Å². The molecule has 0 radical (unpaired) electrons. The van der Waals surface area contributed by atoms with Crippen molar-refractivity contribution < 1.29 is 0 Å². The Balaban J connectivity index is 1.89. The van der Waals surface area contributed by atoms with Gasteiger partial charge in [-0.15, -0.1) is 0 Å². The fourth-order valence-corrected chi connectivity index (χ4v) is 2.56.